The Hall–Kier alpha value is -2.31. The number of aromatic nitrogens is 3. The number of hydrogen-bond acceptors (Lipinski definition) is 6. The fraction of sp³-hybridized carbons (Fsp3) is 0.316. The van der Waals surface area contributed by atoms with Gasteiger partial charge >= 0.3 is 0 Å². The van der Waals surface area contributed by atoms with Crippen LogP contribution in [0, 0.1) is 0 Å². The van der Waals surface area contributed by atoms with Crippen LogP contribution >= 0.6 is 11.3 Å². The number of fused-ring (bicyclic) bond motifs is 1. The molecule has 0 radical (unpaired) electrons. The Balaban J connectivity index is 1.75. The van der Waals surface area contributed by atoms with Crippen molar-refractivity contribution in [3.8, 4) is 11.4 Å². The highest BCUT2D eigenvalue weighted by Gasteiger charge is 2.19. The summed E-state index contributed by atoms with van der Waals surface area (Å²) in [7, 11) is 0. The van der Waals surface area contributed by atoms with Gasteiger partial charge in [0.25, 0.3) is 0 Å². The maximum Gasteiger partial charge on any atom is 0.161 e. The van der Waals surface area contributed by atoms with E-state index in [1.807, 2.05) is 29.8 Å². The fourth-order valence-corrected chi connectivity index (χ4v) is 3.74. The van der Waals surface area contributed by atoms with E-state index in [-0.39, 0.29) is 6.04 Å². The number of nitrogens with one attached hydrogen (secondary N) is 2. The van der Waals surface area contributed by atoms with Crippen LogP contribution in [-0.4, -0.2) is 28.0 Å². The minimum absolute atomic E-state index is 0.124. The van der Waals surface area contributed by atoms with Crippen LogP contribution in [0.2, 0.25) is 0 Å². The number of thiazole rings is 1. The molecule has 6 heteroatoms. The predicted molar refractivity (Wildman–Crippen MR) is 102 cm³/mol. The average Bonchev–Trinajstić information content (AvgIpc) is 3.08. The molecular formula is C19H21N5S. The van der Waals surface area contributed by atoms with Crippen molar-refractivity contribution in [2.24, 2.45) is 0 Å². The predicted octanol–water partition coefficient (Wildman–Crippen LogP) is 3.46. The van der Waals surface area contributed by atoms with E-state index < -0.39 is 0 Å². The van der Waals surface area contributed by atoms with E-state index in [1.54, 1.807) is 11.3 Å². The molecule has 4 rings (SSSR count). The second kappa shape index (κ2) is 7.29. The minimum Gasteiger partial charge on any atom is -0.361 e. The Labute approximate surface area is 151 Å². The second-order valence-corrected chi connectivity index (χ2v) is 7.10. The van der Waals surface area contributed by atoms with Gasteiger partial charge in [-0.15, -0.1) is 11.3 Å². The molecule has 25 heavy (non-hydrogen) atoms. The van der Waals surface area contributed by atoms with Crippen molar-refractivity contribution >= 4 is 17.2 Å². The van der Waals surface area contributed by atoms with Crippen LogP contribution in [-0.2, 0) is 12.8 Å². The summed E-state index contributed by atoms with van der Waals surface area (Å²) in [5.74, 6) is 1.73. The summed E-state index contributed by atoms with van der Waals surface area (Å²) >= 11 is 1.66. The molecule has 1 atom stereocenters. The topological polar surface area (TPSA) is 62.7 Å². The van der Waals surface area contributed by atoms with Crippen molar-refractivity contribution in [3.05, 3.63) is 58.2 Å². The Kier molecular flexibility index (Phi) is 4.72. The Bertz CT molecular complexity index is 833. The van der Waals surface area contributed by atoms with E-state index in [4.69, 9.17) is 9.97 Å². The molecule has 0 spiro atoms. The molecular weight excluding hydrogens is 330 g/mol. The zero-order valence-electron chi connectivity index (χ0n) is 14.2. The molecule has 0 saturated heterocycles. The van der Waals surface area contributed by atoms with Crippen molar-refractivity contribution in [1.82, 2.24) is 20.3 Å². The van der Waals surface area contributed by atoms with E-state index >= 15 is 0 Å². The lowest BCUT2D eigenvalue weighted by Gasteiger charge is -2.18. The first-order valence-corrected chi connectivity index (χ1v) is 9.51. The molecule has 3 heterocycles. The van der Waals surface area contributed by atoms with Gasteiger partial charge in [-0.3, -0.25) is 0 Å². The monoisotopic (exact) mass is 351 g/mol. The summed E-state index contributed by atoms with van der Waals surface area (Å²) in [6.45, 7) is 4.05. The van der Waals surface area contributed by atoms with Gasteiger partial charge in [-0.2, -0.15) is 0 Å². The summed E-state index contributed by atoms with van der Waals surface area (Å²) in [6, 6.07) is 10.3. The largest absolute Gasteiger partial charge is 0.361 e. The molecule has 5 nitrogen and oxygen atoms in total. The molecule has 3 aromatic rings. The van der Waals surface area contributed by atoms with Crippen LogP contribution in [0.25, 0.3) is 11.4 Å². The number of nitrogens with zero attached hydrogens (tertiary/aromatic N) is 3. The summed E-state index contributed by atoms with van der Waals surface area (Å²) in [4.78, 5) is 14.2. The molecule has 0 unspecified atom stereocenters. The zero-order chi connectivity index (χ0) is 17.1. The highest BCUT2D eigenvalue weighted by atomic mass is 32.1. The molecule has 2 N–H and O–H groups in total. The molecule has 0 bridgehead atoms. The van der Waals surface area contributed by atoms with Crippen LogP contribution in [0.1, 0.15) is 29.2 Å². The number of rotatable bonds is 4. The van der Waals surface area contributed by atoms with Crippen LogP contribution in [0.3, 0.4) is 0 Å². The van der Waals surface area contributed by atoms with Gasteiger partial charge in [-0.25, -0.2) is 15.0 Å². The van der Waals surface area contributed by atoms with Crippen LogP contribution in [0.15, 0.2) is 41.9 Å². The molecule has 1 aliphatic heterocycles. The quantitative estimate of drug-likeness (QED) is 0.754. The van der Waals surface area contributed by atoms with Gasteiger partial charge in [0.05, 0.1) is 11.7 Å². The van der Waals surface area contributed by atoms with E-state index in [1.165, 1.54) is 5.56 Å². The summed E-state index contributed by atoms with van der Waals surface area (Å²) < 4.78 is 0. The molecule has 0 aliphatic carbocycles. The van der Waals surface area contributed by atoms with E-state index in [0.29, 0.717) is 0 Å². The highest BCUT2D eigenvalue weighted by molar-refractivity contribution is 7.09. The first kappa shape index (κ1) is 16.2. The molecule has 0 saturated carbocycles. The van der Waals surface area contributed by atoms with Crippen molar-refractivity contribution in [3.63, 3.8) is 0 Å². The molecule has 1 aliphatic rings. The minimum atomic E-state index is 0.124. The van der Waals surface area contributed by atoms with E-state index in [0.717, 1.165) is 53.8 Å². The molecule has 0 fully saturated rings. The highest BCUT2D eigenvalue weighted by Crippen LogP contribution is 2.28. The number of benzene rings is 1. The lowest BCUT2D eigenvalue weighted by Crippen LogP contribution is -2.16. The van der Waals surface area contributed by atoms with Gasteiger partial charge in [-0.05, 0) is 19.9 Å². The zero-order valence-corrected chi connectivity index (χ0v) is 15.0. The van der Waals surface area contributed by atoms with E-state index in [2.05, 4.69) is 34.7 Å². The first-order chi connectivity index (χ1) is 12.3. The maximum atomic E-state index is 4.87. The third kappa shape index (κ3) is 3.55. The third-order valence-electron chi connectivity index (χ3n) is 4.39. The third-order valence-corrected chi connectivity index (χ3v) is 5.35. The lowest BCUT2D eigenvalue weighted by atomic mass is 10.1. The number of hydrogen-bond donors (Lipinski definition) is 2. The van der Waals surface area contributed by atoms with Gasteiger partial charge < -0.3 is 10.6 Å². The van der Waals surface area contributed by atoms with Gasteiger partial charge in [0, 0.05) is 35.7 Å². The Morgan fingerprint density at radius 3 is 2.76 bits per heavy atom. The standard InChI is InChI=1S/C19H21N5S/c1-13(19-21-11-12-25-19)22-18-15-7-9-20-10-8-16(15)23-17(24-18)14-5-3-2-4-6-14/h2-6,11-13,20H,7-10H2,1H3,(H,22,23,24)/t13-/m0/s1. The molecule has 1 aromatic carbocycles. The van der Waals surface area contributed by atoms with Crippen LogP contribution < -0.4 is 10.6 Å². The van der Waals surface area contributed by atoms with E-state index in [9.17, 15) is 0 Å². The van der Waals surface area contributed by atoms with Gasteiger partial charge in [0.15, 0.2) is 5.82 Å². The number of anilines is 1. The van der Waals surface area contributed by atoms with Gasteiger partial charge in [0.1, 0.15) is 10.8 Å². The van der Waals surface area contributed by atoms with Crippen LogP contribution in [0.4, 0.5) is 5.82 Å². The van der Waals surface area contributed by atoms with Crippen molar-refractivity contribution < 1.29 is 0 Å². The van der Waals surface area contributed by atoms with Crippen molar-refractivity contribution in [1.29, 1.82) is 0 Å². The smallest absolute Gasteiger partial charge is 0.161 e. The normalized spacial score (nSPS) is 15.2. The van der Waals surface area contributed by atoms with Crippen molar-refractivity contribution in [2.75, 3.05) is 18.4 Å². The van der Waals surface area contributed by atoms with Gasteiger partial charge in [-0.1, -0.05) is 30.3 Å². The average molecular weight is 351 g/mol. The maximum absolute atomic E-state index is 4.87. The van der Waals surface area contributed by atoms with Crippen LogP contribution in [0.5, 0.6) is 0 Å². The molecule has 2 aromatic heterocycles. The summed E-state index contributed by atoms with van der Waals surface area (Å²) in [5, 5.41) is 10.1. The second-order valence-electron chi connectivity index (χ2n) is 6.17. The Morgan fingerprint density at radius 2 is 1.96 bits per heavy atom. The lowest BCUT2D eigenvalue weighted by molar-refractivity contribution is 0.708. The van der Waals surface area contributed by atoms with Crippen molar-refractivity contribution in [2.45, 2.75) is 25.8 Å². The summed E-state index contributed by atoms with van der Waals surface area (Å²) in [6.07, 6.45) is 3.72. The van der Waals surface area contributed by atoms with Gasteiger partial charge in [0.2, 0.25) is 0 Å². The SMILES string of the molecule is C[C@H](Nc1nc(-c2ccccc2)nc2c1CCNCC2)c1nccs1. The fourth-order valence-electron chi connectivity index (χ4n) is 3.10. The molecule has 128 valence electrons. The molecule has 0 amide bonds. The first-order valence-electron chi connectivity index (χ1n) is 8.63. The summed E-state index contributed by atoms with van der Waals surface area (Å²) in [5.41, 5.74) is 3.42. The Morgan fingerprint density at radius 1 is 1.12 bits per heavy atom.